The molecular weight excluding hydrogens is 266 g/mol. The molecule has 3 rings (SSSR count). The van der Waals surface area contributed by atoms with Crippen LogP contribution in [0, 0.1) is 0 Å². The molecule has 0 bridgehead atoms. The maximum atomic E-state index is 12.6. The van der Waals surface area contributed by atoms with Gasteiger partial charge in [-0.3, -0.25) is 9.59 Å². The van der Waals surface area contributed by atoms with E-state index in [0.29, 0.717) is 6.54 Å². The third-order valence-electron chi connectivity index (χ3n) is 4.34. The number of carbonyl (C=O) groups is 2. The highest BCUT2D eigenvalue weighted by molar-refractivity contribution is 5.91. The van der Waals surface area contributed by atoms with Crippen molar-refractivity contribution in [3.05, 3.63) is 29.8 Å². The van der Waals surface area contributed by atoms with Crippen molar-refractivity contribution in [3.63, 3.8) is 0 Å². The van der Waals surface area contributed by atoms with Crippen molar-refractivity contribution in [2.24, 2.45) is 0 Å². The highest BCUT2D eigenvalue weighted by Crippen LogP contribution is 2.32. The summed E-state index contributed by atoms with van der Waals surface area (Å²) >= 11 is 0. The summed E-state index contributed by atoms with van der Waals surface area (Å²) in [5.74, 6) is -0.111. The molecule has 2 amide bonds. The van der Waals surface area contributed by atoms with Crippen molar-refractivity contribution in [1.82, 2.24) is 9.80 Å². The topological polar surface area (TPSA) is 52.7 Å². The molecule has 112 valence electrons. The fourth-order valence-corrected chi connectivity index (χ4v) is 3.12. The van der Waals surface area contributed by atoms with Crippen molar-refractivity contribution >= 4 is 17.5 Å². The monoisotopic (exact) mass is 287 g/mol. The summed E-state index contributed by atoms with van der Waals surface area (Å²) < 4.78 is 0. The molecule has 0 radical (unpaired) electrons. The summed E-state index contributed by atoms with van der Waals surface area (Å²) in [6.07, 6.45) is 2.15. The van der Waals surface area contributed by atoms with Gasteiger partial charge in [-0.1, -0.05) is 18.2 Å². The number of nitrogens with zero attached hydrogens (tertiary/aromatic N) is 2. The number of carbonyl (C=O) groups excluding carboxylic acids is 2. The van der Waals surface area contributed by atoms with Crippen LogP contribution in [0.2, 0.25) is 0 Å². The molecule has 5 heteroatoms. The van der Waals surface area contributed by atoms with Crippen LogP contribution in [0.4, 0.5) is 5.69 Å². The average molecular weight is 287 g/mol. The maximum Gasteiger partial charge on any atom is 0.242 e. The Morgan fingerprint density at radius 1 is 1.29 bits per heavy atom. The quantitative estimate of drug-likeness (QED) is 0.911. The van der Waals surface area contributed by atoms with Crippen molar-refractivity contribution in [3.8, 4) is 0 Å². The molecule has 21 heavy (non-hydrogen) atoms. The second-order valence-corrected chi connectivity index (χ2v) is 5.80. The van der Waals surface area contributed by atoms with Crippen LogP contribution < -0.4 is 5.32 Å². The van der Waals surface area contributed by atoms with Crippen LogP contribution in [0.5, 0.6) is 0 Å². The Morgan fingerprint density at radius 2 is 2.00 bits per heavy atom. The number of hydrogen-bond acceptors (Lipinski definition) is 3. The molecule has 1 atom stereocenters. The highest BCUT2D eigenvalue weighted by atomic mass is 16.2. The Morgan fingerprint density at radius 3 is 2.76 bits per heavy atom. The van der Waals surface area contributed by atoms with Crippen LogP contribution in [-0.2, 0) is 9.59 Å². The van der Waals surface area contributed by atoms with Gasteiger partial charge in [-0.15, -0.1) is 0 Å². The van der Waals surface area contributed by atoms with Gasteiger partial charge >= 0.3 is 0 Å². The van der Waals surface area contributed by atoms with E-state index < -0.39 is 0 Å². The Labute approximate surface area is 124 Å². The minimum absolute atomic E-state index is 0.0139. The number of likely N-dealkylation sites (tertiary alicyclic amines) is 1. The average Bonchev–Trinajstić information content (AvgIpc) is 3.15. The Bertz CT molecular complexity index is 552. The van der Waals surface area contributed by atoms with Gasteiger partial charge in [0.2, 0.25) is 11.8 Å². The molecule has 1 N–H and O–H groups in total. The number of rotatable bonds is 3. The van der Waals surface area contributed by atoms with Gasteiger partial charge in [0.05, 0.1) is 12.5 Å². The van der Waals surface area contributed by atoms with E-state index in [0.717, 1.165) is 37.2 Å². The molecule has 1 aromatic rings. The maximum absolute atomic E-state index is 12.6. The Balaban J connectivity index is 1.64. The van der Waals surface area contributed by atoms with E-state index in [1.807, 2.05) is 29.2 Å². The third kappa shape index (κ3) is 2.73. The first-order valence-corrected chi connectivity index (χ1v) is 7.52. The van der Waals surface area contributed by atoms with E-state index in [9.17, 15) is 9.59 Å². The first kappa shape index (κ1) is 13.9. The number of para-hydroxylation sites is 1. The molecule has 2 aliphatic heterocycles. The Kier molecular flexibility index (Phi) is 3.82. The fourth-order valence-electron chi connectivity index (χ4n) is 3.12. The van der Waals surface area contributed by atoms with Gasteiger partial charge in [-0.2, -0.15) is 0 Å². The lowest BCUT2D eigenvalue weighted by molar-refractivity contribution is -0.139. The summed E-state index contributed by atoms with van der Waals surface area (Å²) in [4.78, 5) is 28.1. The van der Waals surface area contributed by atoms with E-state index in [4.69, 9.17) is 0 Å². The van der Waals surface area contributed by atoms with Crippen LogP contribution in [0.3, 0.4) is 0 Å². The molecular formula is C16H21N3O2. The SMILES string of the molecule is CN(CC(=O)N1CCCC1)C(=O)C1CNc2ccccc21. The lowest BCUT2D eigenvalue weighted by Gasteiger charge is -2.23. The van der Waals surface area contributed by atoms with Gasteiger partial charge in [0.15, 0.2) is 0 Å². The number of amides is 2. The number of nitrogens with one attached hydrogen (secondary N) is 1. The number of likely N-dealkylation sites (N-methyl/N-ethyl adjacent to an activating group) is 1. The molecule has 0 aromatic heterocycles. The number of fused-ring (bicyclic) bond motifs is 1. The van der Waals surface area contributed by atoms with E-state index in [1.54, 1.807) is 11.9 Å². The normalized spacial score (nSPS) is 20.0. The highest BCUT2D eigenvalue weighted by Gasteiger charge is 2.31. The van der Waals surface area contributed by atoms with Crippen molar-refractivity contribution in [2.75, 3.05) is 38.5 Å². The minimum atomic E-state index is -0.183. The largest absolute Gasteiger partial charge is 0.384 e. The van der Waals surface area contributed by atoms with Crippen LogP contribution in [-0.4, -0.2) is 54.8 Å². The second kappa shape index (κ2) is 5.76. The molecule has 0 saturated carbocycles. The summed E-state index contributed by atoms with van der Waals surface area (Å²) in [7, 11) is 1.72. The van der Waals surface area contributed by atoms with Crippen LogP contribution in [0.1, 0.15) is 24.3 Å². The van der Waals surface area contributed by atoms with Crippen LogP contribution >= 0.6 is 0 Å². The van der Waals surface area contributed by atoms with E-state index in [-0.39, 0.29) is 24.3 Å². The molecule has 1 fully saturated rings. The van der Waals surface area contributed by atoms with E-state index in [1.165, 1.54) is 0 Å². The summed E-state index contributed by atoms with van der Waals surface area (Å²) in [5.41, 5.74) is 2.05. The molecule has 1 unspecified atom stereocenters. The van der Waals surface area contributed by atoms with Gasteiger partial charge in [0, 0.05) is 32.4 Å². The fraction of sp³-hybridized carbons (Fsp3) is 0.500. The van der Waals surface area contributed by atoms with Crippen LogP contribution in [0.15, 0.2) is 24.3 Å². The summed E-state index contributed by atoms with van der Waals surface area (Å²) in [5, 5.41) is 3.25. The molecule has 5 nitrogen and oxygen atoms in total. The molecule has 1 saturated heterocycles. The number of anilines is 1. The van der Waals surface area contributed by atoms with Gasteiger partial charge in [-0.25, -0.2) is 0 Å². The smallest absolute Gasteiger partial charge is 0.242 e. The first-order valence-electron chi connectivity index (χ1n) is 7.52. The van der Waals surface area contributed by atoms with Crippen molar-refractivity contribution < 1.29 is 9.59 Å². The van der Waals surface area contributed by atoms with Crippen molar-refractivity contribution in [1.29, 1.82) is 0 Å². The van der Waals surface area contributed by atoms with Gasteiger partial charge in [0.25, 0.3) is 0 Å². The van der Waals surface area contributed by atoms with Crippen molar-refractivity contribution in [2.45, 2.75) is 18.8 Å². The number of benzene rings is 1. The second-order valence-electron chi connectivity index (χ2n) is 5.80. The molecule has 0 spiro atoms. The Hall–Kier alpha value is -2.04. The third-order valence-corrected chi connectivity index (χ3v) is 4.34. The summed E-state index contributed by atoms with van der Waals surface area (Å²) in [6.45, 7) is 2.45. The lowest BCUT2D eigenvalue weighted by atomic mass is 10.00. The standard InChI is InChI=1S/C16H21N3O2/c1-18(11-15(20)19-8-4-5-9-19)16(21)13-10-17-14-7-3-2-6-12(13)14/h2-3,6-7,13,17H,4-5,8-11H2,1H3. The molecule has 2 aliphatic rings. The minimum Gasteiger partial charge on any atom is -0.384 e. The van der Waals surface area contributed by atoms with E-state index >= 15 is 0 Å². The predicted octanol–water partition coefficient (Wildman–Crippen LogP) is 1.28. The summed E-state index contributed by atoms with van der Waals surface area (Å²) in [6, 6.07) is 7.87. The zero-order valence-corrected chi connectivity index (χ0v) is 12.3. The zero-order chi connectivity index (χ0) is 14.8. The van der Waals surface area contributed by atoms with Crippen LogP contribution in [0.25, 0.3) is 0 Å². The molecule has 1 aromatic carbocycles. The van der Waals surface area contributed by atoms with Gasteiger partial charge in [0.1, 0.15) is 0 Å². The predicted molar refractivity (Wildman–Crippen MR) is 81.1 cm³/mol. The zero-order valence-electron chi connectivity index (χ0n) is 12.3. The first-order chi connectivity index (χ1) is 10.2. The van der Waals surface area contributed by atoms with Gasteiger partial charge in [-0.05, 0) is 24.5 Å². The molecule has 2 heterocycles. The number of hydrogen-bond donors (Lipinski definition) is 1. The lowest BCUT2D eigenvalue weighted by Crippen LogP contribution is -2.41. The molecule has 0 aliphatic carbocycles. The van der Waals surface area contributed by atoms with Gasteiger partial charge < -0.3 is 15.1 Å². The van der Waals surface area contributed by atoms with E-state index in [2.05, 4.69) is 5.32 Å².